The zero-order chi connectivity index (χ0) is 13.8. The molecule has 1 aromatic heterocycles. The minimum atomic E-state index is -0.765. The Morgan fingerprint density at radius 2 is 2.22 bits per heavy atom. The third-order valence-corrected chi connectivity index (χ3v) is 2.17. The molecule has 18 heavy (non-hydrogen) atoms. The van der Waals surface area contributed by atoms with E-state index in [1.807, 2.05) is 0 Å². The maximum absolute atomic E-state index is 11.5. The normalized spacial score (nSPS) is 14.9. The van der Waals surface area contributed by atoms with Gasteiger partial charge >= 0.3 is 6.09 Å². The van der Waals surface area contributed by atoms with E-state index in [4.69, 9.17) is 4.74 Å². The average molecular weight is 256 g/mol. The molecule has 1 amide bonds. The molecule has 1 aromatic rings. The van der Waals surface area contributed by atoms with Crippen LogP contribution in [0.25, 0.3) is 0 Å². The Morgan fingerprint density at radius 1 is 1.56 bits per heavy atom. The molecule has 0 saturated carbocycles. The fraction of sp³-hybridized carbons (Fsp3) is 0.727. The number of ether oxygens (including phenoxy) is 1. The summed E-state index contributed by atoms with van der Waals surface area (Å²) in [4.78, 5) is 11.5. The number of aliphatic hydroxyl groups is 1. The number of aromatic nitrogens is 3. The Hall–Kier alpha value is -1.63. The first-order chi connectivity index (χ1) is 8.28. The van der Waals surface area contributed by atoms with E-state index < -0.39 is 23.8 Å². The lowest BCUT2D eigenvalue weighted by Gasteiger charge is -2.24. The van der Waals surface area contributed by atoms with Crippen molar-refractivity contribution in [3.8, 4) is 0 Å². The molecule has 0 spiro atoms. The number of rotatable bonds is 4. The number of carbonyl (C=O) groups excluding carboxylic acids is 1. The van der Waals surface area contributed by atoms with Crippen LogP contribution in [0.4, 0.5) is 4.79 Å². The quantitative estimate of drug-likeness (QED) is 0.821. The van der Waals surface area contributed by atoms with Crippen LogP contribution in [-0.4, -0.2) is 43.9 Å². The van der Waals surface area contributed by atoms with Crippen molar-refractivity contribution in [2.24, 2.45) is 0 Å². The summed E-state index contributed by atoms with van der Waals surface area (Å²) in [6.07, 6.45) is 1.86. The molecule has 0 bridgehead atoms. The molecule has 7 heteroatoms. The third-order valence-electron chi connectivity index (χ3n) is 2.17. The van der Waals surface area contributed by atoms with Crippen molar-refractivity contribution in [1.82, 2.24) is 20.3 Å². The molecule has 0 aromatic carbocycles. The second kappa shape index (κ2) is 5.81. The Bertz CT molecular complexity index is 372. The smallest absolute Gasteiger partial charge is 0.407 e. The van der Waals surface area contributed by atoms with Gasteiger partial charge in [-0.2, -0.15) is 0 Å². The minimum absolute atomic E-state index is 0.261. The van der Waals surface area contributed by atoms with Gasteiger partial charge in [-0.05, 0) is 27.7 Å². The number of hydrogen-bond acceptors (Lipinski definition) is 5. The van der Waals surface area contributed by atoms with Gasteiger partial charge in [0.2, 0.25) is 0 Å². The summed E-state index contributed by atoms with van der Waals surface area (Å²) < 4.78 is 6.60. The number of amides is 1. The van der Waals surface area contributed by atoms with Gasteiger partial charge in [0.25, 0.3) is 0 Å². The molecular weight excluding hydrogens is 236 g/mol. The molecule has 1 heterocycles. The molecule has 0 aliphatic carbocycles. The van der Waals surface area contributed by atoms with Gasteiger partial charge in [0.05, 0.1) is 24.9 Å². The topological polar surface area (TPSA) is 89.3 Å². The van der Waals surface area contributed by atoms with Crippen LogP contribution < -0.4 is 5.32 Å². The highest BCUT2D eigenvalue weighted by molar-refractivity contribution is 5.68. The number of nitrogens with one attached hydrogen (secondary N) is 1. The predicted octanol–water partition coefficient (Wildman–Crippen LogP) is 0.552. The van der Waals surface area contributed by atoms with E-state index in [1.54, 1.807) is 33.9 Å². The first kappa shape index (κ1) is 14.4. The maximum atomic E-state index is 11.5. The molecule has 1 rings (SSSR count). The van der Waals surface area contributed by atoms with Gasteiger partial charge in [-0.3, -0.25) is 0 Å². The first-order valence-electron chi connectivity index (χ1n) is 5.79. The van der Waals surface area contributed by atoms with Crippen molar-refractivity contribution in [2.75, 3.05) is 0 Å². The summed E-state index contributed by atoms with van der Waals surface area (Å²) in [5.41, 5.74) is -0.555. The van der Waals surface area contributed by atoms with Crippen LogP contribution in [0.1, 0.15) is 27.7 Å². The van der Waals surface area contributed by atoms with Crippen LogP contribution in [0.5, 0.6) is 0 Å². The highest BCUT2D eigenvalue weighted by atomic mass is 16.6. The van der Waals surface area contributed by atoms with E-state index in [0.717, 1.165) is 0 Å². The van der Waals surface area contributed by atoms with Crippen LogP contribution >= 0.6 is 0 Å². The molecule has 2 N–H and O–H groups in total. The fourth-order valence-corrected chi connectivity index (χ4v) is 1.27. The summed E-state index contributed by atoms with van der Waals surface area (Å²) >= 11 is 0. The lowest BCUT2D eigenvalue weighted by atomic mass is 10.2. The zero-order valence-corrected chi connectivity index (χ0v) is 11.1. The van der Waals surface area contributed by atoms with Gasteiger partial charge in [0, 0.05) is 6.20 Å². The lowest BCUT2D eigenvalue weighted by Crippen LogP contribution is -2.45. The predicted molar refractivity (Wildman–Crippen MR) is 64.9 cm³/mol. The monoisotopic (exact) mass is 256 g/mol. The summed E-state index contributed by atoms with van der Waals surface area (Å²) in [7, 11) is 0. The first-order valence-corrected chi connectivity index (χ1v) is 5.79. The maximum Gasteiger partial charge on any atom is 0.407 e. The van der Waals surface area contributed by atoms with Crippen LogP contribution in [0, 0.1) is 0 Å². The van der Waals surface area contributed by atoms with Gasteiger partial charge in [-0.25, -0.2) is 9.48 Å². The van der Waals surface area contributed by atoms with Crippen molar-refractivity contribution >= 4 is 6.09 Å². The highest BCUT2D eigenvalue weighted by Crippen LogP contribution is 2.07. The van der Waals surface area contributed by atoms with Gasteiger partial charge < -0.3 is 15.2 Å². The Labute approximate surface area is 106 Å². The molecule has 0 aliphatic rings. The molecule has 2 atom stereocenters. The zero-order valence-electron chi connectivity index (χ0n) is 11.1. The number of nitrogens with zero attached hydrogens (tertiary/aromatic N) is 3. The highest BCUT2D eigenvalue weighted by Gasteiger charge is 2.21. The molecule has 0 saturated heterocycles. The van der Waals surface area contributed by atoms with Crippen molar-refractivity contribution in [3.63, 3.8) is 0 Å². The Balaban J connectivity index is 2.40. The lowest BCUT2D eigenvalue weighted by molar-refractivity contribution is 0.0415. The second-order valence-electron chi connectivity index (χ2n) is 5.13. The minimum Gasteiger partial charge on any atom is -0.444 e. The third kappa shape index (κ3) is 5.13. The van der Waals surface area contributed by atoms with Crippen molar-refractivity contribution < 1.29 is 14.6 Å². The number of alkyl carbamates (subject to hydrolysis) is 1. The molecule has 7 nitrogen and oxygen atoms in total. The Morgan fingerprint density at radius 3 is 2.72 bits per heavy atom. The van der Waals surface area contributed by atoms with Crippen molar-refractivity contribution in [3.05, 3.63) is 12.4 Å². The van der Waals surface area contributed by atoms with E-state index in [2.05, 4.69) is 15.6 Å². The standard InChI is InChI=1S/C11H20N4O3/c1-8(13-10(17)18-11(2,3)4)9(16)7-15-6-5-12-14-15/h5-6,8-9,16H,7H2,1-4H3,(H,13,17). The van der Waals surface area contributed by atoms with Crippen molar-refractivity contribution in [2.45, 2.75) is 52.0 Å². The largest absolute Gasteiger partial charge is 0.444 e. The summed E-state index contributed by atoms with van der Waals surface area (Å²) in [5, 5.41) is 19.8. The molecule has 0 radical (unpaired) electrons. The van der Waals surface area contributed by atoms with E-state index >= 15 is 0 Å². The second-order valence-corrected chi connectivity index (χ2v) is 5.13. The van der Waals surface area contributed by atoms with Gasteiger partial charge in [0.15, 0.2) is 0 Å². The number of aliphatic hydroxyl groups excluding tert-OH is 1. The van der Waals surface area contributed by atoms with Gasteiger partial charge in [-0.1, -0.05) is 5.21 Å². The molecular formula is C11H20N4O3. The number of hydrogen-bond donors (Lipinski definition) is 2. The summed E-state index contributed by atoms with van der Waals surface area (Å²) in [5.74, 6) is 0. The Kier molecular flexibility index (Phi) is 4.66. The van der Waals surface area contributed by atoms with Crippen LogP contribution in [0.3, 0.4) is 0 Å². The van der Waals surface area contributed by atoms with Crippen LogP contribution in [0.15, 0.2) is 12.4 Å². The molecule has 0 fully saturated rings. The SMILES string of the molecule is CC(NC(=O)OC(C)(C)C)C(O)Cn1ccnn1. The fourth-order valence-electron chi connectivity index (χ4n) is 1.27. The van der Waals surface area contributed by atoms with E-state index in [-0.39, 0.29) is 6.54 Å². The van der Waals surface area contributed by atoms with Gasteiger partial charge in [0.1, 0.15) is 5.60 Å². The van der Waals surface area contributed by atoms with Gasteiger partial charge in [-0.15, -0.1) is 5.10 Å². The van der Waals surface area contributed by atoms with E-state index in [1.165, 1.54) is 10.9 Å². The van der Waals surface area contributed by atoms with E-state index in [0.29, 0.717) is 0 Å². The summed E-state index contributed by atoms with van der Waals surface area (Å²) in [6, 6.07) is -0.441. The van der Waals surface area contributed by atoms with E-state index in [9.17, 15) is 9.90 Å². The molecule has 2 unspecified atom stereocenters. The summed E-state index contributed by atoms with van der Waals surface area (Å²) in [6.45, 7) is 7.30. The van der Waals surface area contributed by atoms with Crippen molar-refractivity contribution in [1.29, 1.82) is 0 Å². The average Bonchev–Trinajstić information content (AvgIpc) is 2.66. The molecule has 0 aliphatic heterocycles. The van der Waals surface area contributed by atoms with Crippen LogP contribution in [0.2, 0.25) is 0 Å². The molecule has 102 valence electrons. The number of carbonyl (C=O) groups is 1. The van der Waals surface area contributed by atoms with Crippen LogP contribution in [-0.2, 0) is 11.3 Å².